The van der Waals surface area contributed by atoms with E-state index in [1.54, 1.807) is 0 Å². The van der Waals surface area contributed by atoms with Gasteiger partial charge in [-0.3, -0.25) is 4.79 Å². The maximum atomic E-state index is 11.0. The standard InChI is InChI=1S/C8H9ClO/c9-8-6-3-1-2-5(6)4-7(8)10/h5H,1-4H2. The van der Waals surface area contributed by atoms with Crippen LogP contribution in [-0.2, 0) is 4.79 Å². The van der Waals surface area contributed by atoms with Crippen LogP contribution in [0.4, 0.5) is 0 Å². The van der Waals surface area contributed by atoms with Crippen molar-refractivity contribution in [2.75, 3.05) is 0 Å². The molecular formula is C8H9ClO. The van der Waals surface area contributed by atoms with Crippen LogP contribution in [0.25, 0.3) is 0 Å². The second-order valence-electron chi connectivity index (χ2n) is 3.06. The van der Waals surface area contributed by atoms with Crippen LogP contribution in [0.2, 0.25) is 0 Å². The Morgan fingerprint density at radius 2 is 2.30 bits per heavy atom. The number of Topliss-reactive ketones (excluding diaryl/α,β-unsaturated/α-hetero) is 1. The van der Waals surface area contributed by atoms with Gasteiger partial charge in [0.15, 0.2) is 5.78 Å². The molecule has 54 valence electrons. The van der Waals surface area contributed by atoms with Crippen LogP contribution in [0.5, 0.6) is 0 Å². The van der Waals surface area contributed by atoms with E-state index in [0.29, 0.717) is 17.4 Å². The smallest absolute Gasteiger partial charge is 0.174 e. The minimum absolute atomic E-state index is 0.168. The molecule has 1 nitrogen and oxygen atoms in total. The Hall–Kier alpha value is -0.300. The van der Waals surface area contributed by atoms with Gasteiger partial charge in [0, 0.05) is 6.42 Å². The summed E-state index contributed by atoms with van der Waals surface area (Å²) in [6.45, 7) is 0. The van der Waals surface area contributed by atoms with Gasteiger partial charge in [-0.05, 0) is 30.8 Å². The van der Waals surface area contributed by atoms with Crippen LogP contribution in [0, 0.1) is 5.92 Å². The van der Waals surface area contributed by atoms with Crippen LogP contribution in [0.15, 0.2) is 10.6 Å². The molecule has 0 bridgehead atoms. The van der Waals surface area contributed by atoms with Gasteiger partial charge in [0.1, 0.15) is 0 Å². The molecule has 0 aromatic carbocycles. The molecule has 0 radical (unpaired) electrons. The van der Waals surface area contributed by atoms with Crippen molar-refractivity contribution >= 4 is 17.4 Å². The van der Waals surface area contributed by atoms with Crippen LogP contribution in [0.3, 0.4) is 0 Å². The van der Waals surface area contributed by atoms with Crippen molar-refractivity contribution in [3.05, 3.63) is 10.6 Å². The molecule has 0 spiro atoms. The Bertz CT molecular complexity index is 217. The molecule has 0 saturated heterocycles. The maximum absolute atomic E-state index is 11.0. The number of carbonyl (C=O) groups is 1. The van der Waals surface area contributed by atoms with Crippen molar-refractivity contribution in [1.82, 2.24) is 0 Å². The van der Waals surface area contributed by atoms with Gasteiger partial charge >= 0.3 is 0 Å². The minimum atomic E-state index is 0.168. The highest BCUT2D eigenvalue weighted by Crippen LogP contribution is 2.42. The lowest BCUT2D eigenvalue weighted by atomic mass is 10.1. The van der Waals surface area contributed by atoms with Crippen molar-refractivity contribution in [1.29, 1.82) is 0 Å². The summed E-state index contributed by atoms with van der Waals surface area (Å²) in [5.74, 6) is 0.696. The summed E-state index contributed by atoms with van der Waals surface area (Å²) >= 11 is 5.79. The number of hydrogen-bond acceptors (Lipinski definition) is 1. The lowest BCUT2D eigenvalue weighted by Crippen LogP contribution is -1.94. The molecule has 0 aliphatic heterocycles. The predicted molar refractivity (Wildman–Crippen MR) is 39.8 cm³/mol. The van der Waals surface area contributed by atoms with Crippen molar-refractivity contribution in [2.45, 2.75) is 25.7 Å². The van der Waals surface area contributed by atoms with Crippen LogP contribution >= 0.6 is 11.6 Å². The molecule has 2 heteroatoms. The number of fused-ring (bicyclic) bond motifs is 1. The summed E-state index contributed by atoms with van der Waals surface area (Å²) in [4.78, 5) is 11.0. The van der Waals surface area contributed by atoms with Gasteiger partial charge in [-0.1, -0.05) is 11.6 Å². The van der Waals surface area contributed by atoms with Crippen molar-refractivity contribution in [3.8, 4) is 0 Å². The van der Waals surface area contributed by atoms with Crippen molar-refractivity contribution < 1.29 is 4.79 Å². The molecule has 1 saturated carbocycles. The quantitative estimate of drug-likeness (QED) is 0.526. The third kappa shape index (κ3) is 0.734. The first-order valence-corrected chi connectivity index (χ1v) is 4.08. The lowest BCUT2D eigenvalue weighted by molar-refractivity contribution is -0.114. The summed E-state index contributed by atoms with van der Waals surface area (Å²) in [6.07, 6.45) is 4.16. The molecule has 2 rings (SSSR count). The highest BCUT2D eigenvalue weighted by Gasteiger charge is 2.33. The normalized spacial score (nSPS) is 31.7. The molecule has 1 atom stereocenters. The van der Waals surface area contributed by atoms with Gasteiger partial charge in [0.25, 0.3) is 0 Å². The number of carbonyl (C=O) groups excluding carboxylic acids is 1. The predicted octanol–water partition coefficient (Wildman–Crippen LogP) is 2.25. The largest absolute Gasteiger partial charge is 0.293 e. The van der Waals surface area contributed by atoms with Gasteiger partial charge in [-0.2, -0.15) is 0 Å². The molecular weight excluding hydrogens is 148 g/mol. The number of halogens is 1. The SMILES string of the molecule is O=C1CC2CCCC2=C1Cl. The fourth-order valence-electron chi connectivity index (χ4n) is 1.92. The van der Waals surface area contributed by atoms with Crippen LogP contribution in [-0.4, -0.2) is 5.78 Å². The second kappa shape index (κ2) is 2.09. The third-order valence-electron chi connectivity index (χ3n) is 2.45. The topological polar surface area (TPSA) is 17.1 Å². The van der Waals surface area contributed by atoms with Gasteiger partial charge in [0.2, 0.25) is 0 Å². The Labute approximate surface area is 65.1 Å². The summed E-state index contributed by atoms with van der Waals surface area (Å²) in [5, 5.41) is 0.558. The zero-order valence-corrected chi connectivity index (χ0v) is 6.45. The summed E-state index contributed by atoms with van der Waals surface area (Å²) in [5.41, 5.74) is 1.24. The van der Waals surface area contributed by atoms with Gasteiger partial charge in [-0.25, -0.2) is 0 Å². The first-order chi connectivity index (χ1) is 4.79. The fraction of sp³-hybridized carbons (Fsp3) is 0.625. The fourth-order valence-corrected chi connectivity index (χ4v) is 2.25. The molecule has 0 N–H and O–H groups in total. The van der Waals surface area contributed by atoms with E-state index >= 15 is 0 Å². The molecule has 0 amide bonds. The van der Waals surface area contributed by atoms with Crippen molar-refractivity contribution in [2.24, 2.45) is 5.92 Å². The monoisotopic (exact) mass is 156 g/mol. The summed E-state index contributed by atoms with van der Waals surface area (Å²) < 4.78 is 0. The van der Waals surface area contributed by atoms with Crippen LogP contribution in [0.1, 0.15) is 25.7 Å². The van der Waals surface area contributed by atoms with E-state index in [4.69, 9.17) is 11.6 Å². The average molecular weight is 157 g/mol. The number of allylic oxidation sites excluding steroid dienone is 2. The molecule has 1 unspecified atom stereocenters. The number of hydrogen-bond donors (Lipinski definition) is 0. The number of rotatable bonds is 0. The van der Waals surface area contributed by atoms with E-state index in [2.05, 4.69) is 0 Å². The molecule has 0 aromatic rings. The highest BCUT2D eigenvalue weighted by atomic mass is 35.5. The van der Waals surface area contributed by atoms with Crippen molar-refractivity contribution in [3.63, 3.8) is 0 Å². The Morgan fingerprint density at radius 3 is 3.00 bits per heavy atom. The van der Waals surface area contributed by atoms with Gasteiger partial charge in [0.05, 0.1) is 5.03 Å². The van der Waals surface area contributed by atoms with E-state index in [-0.39, 0.29) is 5.78 Å². The van der Waals surface area contributed by atoms with E-state index < -0.39 is 0 Å². The molecule has 0 aromatic heterocycles. The minimum Gasteiger partial charge on any atom is -0.293 e. The zero-order valence-electron chi connectivity index (χ0n) is 5.69. The summed E-state index contributed by atoms with van der Waals surface area (Å²) in [6, 6.07) is 0. The van der Waals surface area contributed by atoms with Gasteiger partial charge in [-0.15, -0.1) is 0 Å². The van der Waals surface area contributed by atoms with E-state index in [0.717, 1.165) is 6.42 Å². The lowest BCUT2D eigenvalue weighted by Gasteiger charge is -1.97. The Kier molecular flexibility index (Phi) is 1.34. The Balaban J connectivity index is 2.37. The first-order valence-electron chi connectivity index (χ1n) is 3.71. The molecule has 1 fully saturated rings. The molecule has 0 heterocycles. The summed E-state index contributed by atoms with van der Waals surface area (Å²) in [7, 11) is 0. The Morgan fingerprint density at radius 1 is 1.50 bits per heavy atom. The van der Waals surface area contributed by atoms with Gasteiger partial charge < -0.3 is 0 Å². The van der Waals surface area contributed by atoms with Crippen LogP contribution < -0.4 is 0 Å². The second-order valence-corrected chi connectivity index (χ2v) is 3.43. The highest BCUT2D eigenvalue weighted by molar-refractivity contribution is 6.43. The molecule has 2 aliphatic carbocycles. The van der Waals surface area contributed by atoms with E-state index in [9.17, 15) is 4.79 Å². The molecule has 2 aliphatic rings. The third-order valence-corrected chi connectivity index (χ3v) is 2.90. The number of ketones is 1. The molecule has 10 heavy (non-hydrogen) atoms. The zero-order chi connectivity index (χ0) is 7.14. The van der Waals surface area contributed by atoms with E-state index in [1.807, 2.05) is 0 Å². The average Bonchev–Trinajstić information content (AvgIpc) is 2.41. The first kappa shape index (κ1) is 6.41. The van der Waals surface area contributed by atoms with E-state index in [1.165, 1.54) is 18.4 Å². The maximum Gasteiger partial charge on any atom is 0.174 e.